The number of thioether (sulfide) groups is 1. The highest BCUT2D eigenvalue weighted by atomic mass is 35.5. The van der Waals surface area contributed by atoms with Gasteiger partial charge in [0.1, 0.15) is 12.1 Å². The lowest BCUT2D eigenvalue weighted by molar-refractivity contribution is 0.241. The van der Waals surface area contributed by atoms with Gasteiger partial charge in [0.2, 0.25) is 0 Å². The number of amides is 1. The molecule has 0 aromatic heterocycles. The van der Waals surface area contributed by atoms with Crippen LogP contribution in [0.1, 0.15) is 11.1 Å². The number of hydrogen-bond donors (Lipinski definition) is 1. The first-order valence-corrected chi connectivity index (χ1v) is 8.77. The topological polar surface area (TPSA) is 67.9 Å². The summed E-state index contributed by atoms with van der Waals surface area (Å²) >= 11 is 16.6. The fraction of sp³-hybridized carbons (Fsp3) is 0.118. The van der Waals surface area contributed by atoms with Crippen LogP contribution in [0.25, 0.3) is 0 Å². The Kier molecular flexibility index (Phi) is 8.68. The molecule has 1 amide bonds. The van der Waals surface area contributed by atoms with Crippen LogP contribution in [-0.2, 0) is 0 Å². The van der Waals surface area contributed by atoms with Crippen molar-refractivity contribution in [2.45, 2.75) is 9.79 Å². The van der Waals surface area contributed by atoms with Crippen molar-refractivity contribution in [1.29, 1.82) is 10.5 Å². The molecule has 2 aromatic rings. The van der Waals surface area contributed by atoms with Gasteiger partial charge in [0.25, 0.3) is 5.24 Å². The van der Waals surface area contributed by atoms with E-state index < -0.39 is 0 Å². The first-order chi connectivity index (χ1) is 11.8. The second kappa shape index (κ2) is 10.2. The molecule has 0 atom stereocenters. The van der Waals surface area contributed by atoms with Gasteiger partial charge in [0.05, 0.1) is 21.2 Å². The molecule has 0 bridgehead atoms. The van der Waals surface area contributed by atoms with E-state index in [2.05, 4.69) is 12.6 Å². The van der Waals surface area contributed by atoms with Gasteiger partial charge in [0, 0.05) is 23.9 Å². The van der Waals surface area contributed by atoms with Gasteiger partial charge in [-0.25, -0.2) is 0 Å². The molecule has 0 aliphatic rings. The van der Waals surface area contributed by atoms with Crippen molar-refractivity contribution in [2.24, 2.45) is 0 Å². The summed E-state index contributed by atoms with van der Waals surface area (Å²) in [6.45, 7) is 0. The Bertz CT molecular complexity index is 858. The van der Waals surface area contributed by atoms with Gasteiger partial charge < -0.3 is 4.90 Å². The van der Waals surface area contributed by atoms with Crippen molar-refractivity contribution in [3.05, 3.63) is 57.6 Å². The van der Waals surface area contributed by atoms with Crippen LogP contribution in [0.4, 0.5) is 4.79 Å². The van der Waals surface area contributed by atoms with Crippen molar-refractivity contribution in [3.8, 4) is 12.1 Å². The number of thiol groups is 1. The Morgan fingerprint density at radius 3 is 2.00 bits per heavy atom. The van der Waals surface area contributed by atoms with Gasteiger partial charge in [-0.1, -0.05) is 23.2 Å². The number of benzene rings is 2. The van der Waals surface area contributed by atoms with Gasteiger partial charge >= 0.3 is 0 Å². The molecule has 25 heavy (non-hydrogen) atoms. The van der Waals surface area contributed by atoms with Crippen LogP contribution < -0.4 is 0 Å². The molecular weight excluding hydrogens is 397 g/mol. The molecule has 0 heterocycles. The van der Waals surface area contributed by atoms with E-state index in [4.69, 9.17) is 33.7 Å². The quantitative estimate of drug-likeness (QED) is 0.499. The molecule has 0 spiro atoms. The van der Waals surface area contributed by atoms with Crippen molar-refractivity contribution >= 4 is 52.8 Å². The highest BCUT2D eigenvalue weighted by Gasteiger charge is 2.08. The van der Waals surface area contributed by atoms with Crippen LogP contribution in [0.2, 0.25) is 10.0 Å². The second-order valence-electron chi connectivity index (χ2n) is 4.79. The Labute approximate surface area is 166 Å². The standard InChI is InChI=1S/C10H9ClN2OS.C7H4ClNS/c1-13(2)10(14)15-8-4-3-7(6-12)9(11)5-8;8-7-3-6(10)2-1-5(7)4-9/h3-5H,1-2H3;1-3,10H. The maximum Gasteiger partial charge on any atom is 0.285 e. The summed E-state index contributed by atoms with van der Waals surface area (Å²) in [5, 5.41) is 17.9. The number of halogens is 2. The average molecular weight is 410 g/mol. The molecule has 0 unspecified atom stereocenters. The molecule has 128 valence electrons. The molecule has 4 nitrogen and oxygen atoms in total. The number of hydrogen-bond acceptors (Lipinski definition) is 5. The summed E-state index contributed by atoms with van der Waals surface area (Å²) in [5.74, 6) is 0. The van der Waals surface area contributed by atoms with E-state index in [-0.39, 0.29) is 5.24 Å². The zero-order chi connectivity index (χ0) is 19.0. The van der Waals surface area contributed by atoms with Crippen molar-refractivity contribution in [3.63, 3.8) is 0 Å². The molecule has 0 aliphatic carbocycles. The molecule has 0 saturated heterocycles. The number of carbonyl (C=O) groups excluding carboxylic acids is 1. The van der Waals surface area contributed by atoms with E-state index in [1.54, 1.807) is 50.5 Å². The summed E-state index contributed by atoms with van der Waals surface area (Å²) in [7, 11) is 3.36. The minimum absolute atomic E-state index is 0.0734. The Hall–Kier alpha value is -1.83. The smallest absolute Gasteiger partial charge is 0.285 e. The maximum atomic E-state index is 11.4. The van der Waals surface area contributed by atoms with Crippen molar-refractivity contribution in [2.75, 3.05) is 14.1 Å². The van der Waals surface area contributed by atoms with Crippen molar-refractivity contribution < 1.29 is 4.79 Å². The van der Waals surface area contributed by atoms with E-state index in [1.165, 1.54) is 4.90 Å². The van der Waals surface area contributed by atoms with Gasteiger partial charge in [0.15, 0.2) is 0 Å². The third-order valence-electron chi connectivity index (χ3n) is 2.70. The van der Waals surface area contributed by atoms with Gasteiger partial charge in [-0.2, -0.15) is 10.5 Å². The van der Waals surface area contributed by atoms with E-state index in [1.807, 2.05) is 12.1 Å². The van der Waals surface area contributed by atoms with E-state index in [0.29, 0.717) is 21.2 Å². The number of carbonyl (C=O) groups is 1. The monoisotopic (exact) mass is 409 g/mol. The number of nitriles is 2. The fourth-order valence-corrected chi connectivity index (χ4v) is 2.92. The summed E-state index contributed by atoms with van der Waals surface area (Å²) in [6, 6.07) is 13.9. The Morgan fingerprint density at radius 1 is 1.04 bits per heavy atom. The van der Waals surface area contributed by atoms with Crippen LogP contribution in [-0.4, -0.2) is 24.2 Å². The van der Waals surface area contributed by atoms with Crippen LogP contribution in [0.15, 0.2) is 46.2 Å². The molecule has 0 saturated carbocycles. The summed E-state index contributed by atoms with van der Waals surface area (Å²) < 4.78 is 0. The maximum absolute atomic E-state index is 11.4. The predicted molar refractivity (Wildman–Crippen MR) is 105 cm³/mol. The predicted octanol–water partition coefficient (Wildman–Crippen LogP) is 5.49. The highest BCUT2D eigenvalue weighted by Crippen LogP contribution is 2.25. The van der Waals surface area contributed by atoms with Crippen molar-refractivity contribution in [1.82, 2.24) is 4.90 Å². The van der Waals surface area contributed by atoms with Crippen LogP contribution in [0.5, 0.6) is 0 Å². The Morgan fingerprint density at radius 2 is 1.56 bits per heavy atom. The number of nitrogens with zero attached hydrogens (tertiary/aromatic N) is 3. The zero-order valence-electron chi connectivity index (χ0n) is 13.3. The summed E-state index contributed by atoms with van der Waals surface area (Å²) in [4.78, 5) is 14.3. The summed E-state index contributed by atoms with van der Waals surface area (Å²) in [5.41, 5.74) is 0.901. The lowest BCUT2D eigenvalue weighted by Gasteiger charge is -2.09. The minimum Gasteiger partial charge on any atom is -0.339 e. The molecule has 0 aliphatic heterocycles. The zero-order valence-corrected chi connectivity index (χ0v) is 16.5. The molecule has 2 rings (SSSR count). The fourth-order valence-electron chi connectivity index (χ4n) is 1.44. The van der Waals surface area contributed by atoms with Crippen LogP contribution in [0.3, 0.4) is 0 Å². The van der Waals surface area contributed by atoms with Gasteiger partial charge in [-0.3, -0.25) is 4.79 Å². The van der Waals surface area contributed by atoms with E-state index in [9.17, 15) is 4.79 Å². The van der Waals surface area contributed by atoms with Gasteiger partial charge in [-0.05, 0) is 48.2 Å². The highest BCUT2D eigenvalue weighted by molar-refractivity contribution is 8.13. The van der Waals surface area contributed by atoms with E-state index in [0.717, 1.165) is 21.6 Å². The first-order valence-electron chi connectivity index (χ1n) is 6.76. The normalized spacial score (nSPS) is 9.24. The van der Waals surface area contributed by atoms with E-state index >= 15 is 0 Å². The molecule has 2 aromatic carbocycles. The minimum atomic E-state index is -0.0734. The molecule has 0 N–H and O–H groups in total. The molecular formula is C17H13Cl2N3OS2. The number of rotatable bonds is 1. The molecule has 0 radical (unpaired) electrons. The average Bonchev–Trinajstić information content (AvgIpc) is 2.55. The lowest BCUT2D eigenvalue weighted by atomic mass is 10.2. The largest absolute Gasteiger partial charge is 0.339 e. The molecule has 0 fully saturated rings. The lowest BCUT2D eigenvalue weighted by Crippen LogP contribution is -2.15. The summed E-state index contributed by atoms with van der Waals surface area (Å²) in [6.07, 6.45) is 0. The third kappa shape index (κ3) is 6.89. The first kappa shape index (κ1) is 21.2. The third-order valence-corrected chi connectivity index (χ3v) is 4.64. The van der Waals surface area contributed by atoms with Gasteiger partial charge in [-0.15, -0.1) is 12.6 Å². The second-order valence-corrected chi connectivity index (χ2v) is 7.15. The Balaban J connectivity index is 0.000000271. The SMILES string of the molecule is CN(C)C(=O)Sc1ccc(C#N)c(Cl)c1.N#Cc1ccc(S)cc1Cl. The van der Waals surface area contributed by atoms with Crippen LogP contribution in [0, 0.1) is 22.7 Å². The molecule has 8 heteroatoms. The van der Waals surface area contributed by atoms with Crippen LogP contribution >= 0.6 is 47.6 Å².